The summed E-state index contributed by atoms with van der Waals surface area (Å²) in [5.41, 5.74) is 2.60. The Bertz CT molecular complexity index is 489. The van der Waals surface area contributed by atoms with Crippen molar-refractivity contribution in [2.24, 2.45) is 11.0 Å². The number of nitrogens with zero attached hydrogens (tertiary/aromatic N) is 2. The van der Waals surface area contributed by atoms with E-state index in [0.29, 0.717) is 37.7 Å². The fraction of sp³-hybridized carbons (Fsp3) is 0.714. The number of amides is 3. The number of rotatable bonds is 5. The number of ether oxygens (including phenoxy) is 1. The lowest BCUT2D eigenvalue weighted by molar-refractivity contribution is -0.149. The predicted octanol–water partition coefficient (Wildman–Crippen LogP) is -0.748. The maximum absolute atomic E-state index is 11.9. The third-order valence-corrected chi connectivity index (χ3v) is 3.46. The third-order valence-electron chi connectivity index (χ3n) is 3.46. The molecule has 3 amide bonds. The molecule has 2 heterocycles. The molecule has 1 unspecified atom stereocenters. The Kier molecular flexibility index (Phi) is 5.48. The lowest BCUT2D eigenvalue weighted by Crippen LogP contribution is -2.52. The van der Waals surface area contributed by atoms with Crippen LogP contribution in [0.3, 0.4) is 0 Å². The SMILES string of the molecule is CC(C)CN1CC(CNC(=O)C2=NNC(=O)CC2)OCC1=O. The highest BCUT2D eigenvalue weighted by atomic mass is 16.5. The van der Waals surface area contributed by atoms with Crippen LogP contribution in [0.25, 0.3) is 0 Å². The van der Waals surface area contributed by atoms with Gasteiger partial charge in [-0.2, -0.15) is 5.10 Å². The Morgan fingerprint density at radius 3 is 2.86 bits per heavy atom. The van der Waals surface area contributed by atoms with Gasteiger partial charge in [0.25, 0.3) is 5.91 Å². The first-order valence-corrected chi connectivity index (χ1v) is 7.48. The van der Waals surface area contributed by atoms with Crippen molar-refractivity contribution >= 4 is 23.4 Å². The van der Waals surface area contributed by atoms with E-state index in [0.717, 1.165) is 0 Å². The van der Waals surface area contributed by atoms with Crippen LogP contribution in [0.1, 0.15) is 26.7 Å². The molecule has 0 bridgehead atoms. The van der Waals surface area contributed by atoms with Crippen LogP contribution < -0.4 is 10.7 Å². The van der Waals surface area contributed by atoms with Gasteiger partial charge in [0, 0.05) is 32.5 Å². The molecule has 0 radical (unpaired) electrons. The van der Waals surface area contributed by atoms with Crippen LogP contribution in [-0.2, 0) is 19.1 Å². The zero-order valence-electron chi connectivity index (χ0n) is 12.9. The van der Waals surface area contributed by atoms with E-state index in [2.05, 4.69) is 29.7 Å². The largest absolute Gasteiger partial charge is 0.365 e. The van der Waals surface area contributed by atoms with E-state index < -0.39 is 0 Å². The van der Waals surface area contributed by atoms with Crippen molar-refractivity contribution in [3.8, 4) is 0 Å². The van der Waals surface area contributed by atoms with E-state index in [1.807, 2.05) is 0 Å². The maximum atomic E-state index is 11.9. The molecule has 0 aromatic heterocycles. The van der Waals surface area contributed by atoms with Gasteiger partial charge in [-0.3, -0.25) is 14.4 Å². The molecular weight excluding hydrogens is 288 g/mol. The van der Waals surface area contributed by atoms with E-state index in [-0.39, 0.29) is 36.9 Å². The molecule has 0 aromatic carbocycles. The maximum Gasteiger partial charge on any atom is 0.267 e. The topological polar surface area (TPSA) is 100 Å². The van der Waals surface area contributed by atoms with Gasteiger partial charge in [0.05, 0.1) is 6.10 Å². The highest BCUT2D eigenvalue weighted by Crippen LogP contribution is 2.09. The number of carbonyl (C=O) groups excluding carboxylic acids is 3. The molecule has 2 rings (SSSR count). The molecule has 1 fully saturated rings. The second-order valence-corrected chi connectivity index (χ2v) is 5.93. The van der Waals surface area contributed by atoms with Gasteiger partial charge < -0.3 is 15.0 Å². The average molecular weight is 310 g/mol. The summed E-state index contributed by atoms with van der Waals surface area (Å²) in [7, 11) is 0. The first-order valence-electron chi connectivity index (χ1n) is 7.48. The van der Waals surface area contributed by atoms with E-state index in [1.165, 1.54) is 0 Å². The van der Waals surface area contributed by atoms with Crippen molar-refractivity contribution in [2.45, 2.75) is 32.8 Å². The highest BCUT2D eigenvalue weighted by Gasteiger charge is 2.27. The number of hydrogen-bond acceptors (Lipinski definition) is 5. The Morgan fingerprint density at radius 1 is 1.45 bits per heavy atom. The smallest absolute Gasteiger partial charge is 0.267 e. The molecule has 0 saturated carbocycles. The minimum atomic E-state index is -0.309. The first-order chi connectivity index (χ1) is 10.5. The molecule has 0 aromatic rings. The van der Waals surface area contributed by atoms with Gasteiger partial charge in [-0.05, 0) is 5.92 Å². The van der Waals surface area contributed by atoms with Crippen LogP contribution >= 0.6 is 0 Å². The summed E-state index contributed by atoms with van der Waals surface area (Å²) in [5.74, 6) is -0.126. The molecule has 1 saturated heterocycles. The normalized spacial score (nSPS) is 22.4. The number of carbonyl (C=O) groups is 3. The molecule has 1 atom stereocenters. The molecule has 0 aliphatic carbocycles. The molecule has 8 nitrogen and oxygen atoms in total. The quantitative estimate of drug-likeness (QED) is 0.698. The molecule has 8 heteroatoms. The lowest BCUT2D eigenvalue weighted by Gasteiger charge is -2.33. The number of morpholine rings is 1. The second kappa shape index (κ2) is 7.35. The van der Waals surface area contributed by atoms with Crippen LogP contribution in [-0.4, -0.2) is 60.7 Å². The molecule has 22 heavy (non-hydrogen) atoms. The van der Waals surface area contributed by atoms with Crippen LogP contribution in [0.15, 0.2) is 5.10 Å². The molecule has 2 N–H and O–H groups in total. The molecule has 122 valence electrons. The van der Waals surface area contributed by atoms with Crippen LogP contribution in [0.2, 0.25) is 0 Å². The zero-order valence-corrected chi connectivity index (χ0v) is 12.9. The predicted molar refractivity (Wildman–Crippen MR) is 79.0 cm³/mol. The van der Waals surface area contributed by atoms with Crippen LogP contribution in [0.5, 0.6) is 0 Å². The first kappa shape index (κ1) is 16.4. The van der Waals surface area contributed by atoms with Gasteiger partial charge in [0.2, 0.25) is 11.8 Å². The zero-order chi connectivity index (χ0) is 16.1. The summed E-state index contributed by atoms with van der Waals surface area (Å²) < 4.78 is 5.44. The van der Waals surface area contributed by atoms with Gasteiger partial charge in [-0.15, -0.1) is 0 Å². The van der Waals surface area contributed by atoms with Gasteiger partial charge >= 0.3 is 0 Å². The van der Waals surface area contributed by atoms with Crippen molar-refractivity contribution in [1.82, 2.24) is 15.6 Å². The molecule has 2 aliphatic heterocycles. The Balaban J connectivity index is 1.80. The summed E-state index contributed by atoms with van der Waals surface area (Å²) in [5, 5.41) is 6.48. The van der Waals surface area contributed by atoms with Gasteiger partial charge in [0.15, 0.2) is 0 Å². The second-order valence-electron chi connectivity index (χ2n) is 5.93. The number of hydrazone groups is 1. The average Bonchev–Trinajstić information content (AvgIpc) is 2.48. The van der Waals surface area contributed by atoms with Crippen molar-refractivity contribution < 1.29 is 19.1 Å². The van der Waals surface area contributed by atoms with E-state index >= 15 is 0 Å². The van der Waals surface area contributed by atoms with Crippen molar-refractivity contribution in [2.75, 3.05) is 26.2 Å². The standard InChI is InChI=1S/C14H22N4O4/c1-9(2)6-18-7-10(22-8-13(18)20)5-15-14(21)11-3-4-12(19)17-16-11/h9-10H,3-8H2,1-2H3,(H,15,21)(H,17,19). The van der Waals surface area contributed by atoms with E-state index in [4.69, 9.17) is 4.74 Å². The summed E-state index contributed by atoms with van der Waals surface area (Å²) >= 11 is 0. The van der Waals surface area contributed by atoms with Gasteiger partial charge in [0.1, 0.15) is 12.3 Å². The summed E-state index contributed by atoms with van der Waals surface area (Å²) in [6.45, 7) is 5.62. The van der Waals surface area contributed by atoms with Crippen molar-refractivity contribution in [3.05, 3.63) is 0 Å². The number of hydrogen-bond donors (Lipinski definition) is 2. The fourth-order valence-electron chi connectivity index (χ4n) is 2.37. The molecule has 0 spiro atoms. The van der Waals surface area contributed by atoms with Crippen LogP contribution in [0.4, 0.5) is 0 Å². The highest BCUT2D eigenvalue weighted by molar-refractivity contribution is 6.39. The summed E-state index contributed by atoms with van der Waals surface area (Å²) in [6, 6.07) is 0. The van der Waals surface area contributed by atoms with Gasteiger partial charge in [-0.25, -0.2) is 5.43 Å². The number of nitrogens with one attached hydrogen (secondary N) is 2. The lowest BCUT2D eigenvalue weighted by atomic mass is 10.1. The van der Waals surface area contributed by atoms with Crippen molar-refractivity contribution in [1.29, 1.82) is 0 Å². The Hall–Kier alpha value is -1.96. The van der Waals surface area contributed by atoms with E-state index in [1.54, 1.807) is 4.90 Å². The minimum absolute atomic E-state index is 0.0179. The summed E-state index contributed by atoms with van der Waals surface area (Å²) in [4.78, 5) is 36.4. The monoisotopic (exact) mass is 310 g/mol. The summed E-state index contributed by atoms with van der Waals surface area (Å²) in [6.07, 6.45) is 0.378. The molecule has 2 aliphatic rings. The van der Waals surface area contributed by atoms with Crippen LogP contribution in [0, 0.1) is 5.92 Å². The van der Waals surface area contributed by atoms with Gasteiger partial charge in [-0.1, -0.05) is 13.8 Å². The van der Waals surface area contributed by atoms with Crippen molar-refractivity contribution in [3.63, 3.8) is 0 Å². The fourth-order valence-corrected chi connectivity index (χ4v) is 2.37. The Morgan fingerprint density at radius 2 is 2.23 bits per heavy atom. The third kappa shape index (κ3) is 4.52. The Labute approximate surface area is 129 Å². The minimum Gasteiger partial charge on any atom is -0.365 e. The molecular formula is C14H22N4O4. The van der Waals surface area contributed by atoms with E-state index in [9.17, 15) is 14.4 Å².